The quantitative estimate of drug-likeness (QED) is 0.659. The van der Waals surface area contributed by atoms with Gasteiger partial charge in [-0.05, 0) is 67.3 Å². The summed E-state index contributed by atoms with van der Waals surface area (Å²) in [6.07, 6.45) is 1.50. The third kappa shape index (κ3) is 4.57. The molecule has 2 aromatic carbocycles. The molecule has 0 fully saturated rings. The smallest absolute Gasteiger partial charge is 0.277 e. The number of carbonyl (C=O) groups excluding carboxylic acids is 1. The number of rotatable bonds is 5. The van der Waals surface area contributed by atoms with Gasteiger partial charge in [-0.3, -0.25) is 4.79 Å². The number of hydrogen-bond donors (Lipinski definition) is 2. The molecule has 0 heterocycles. The van der Waals surface area contributed by atoms with Crippen LogP contribution in [0.3, 0.4) is 0 Å². The van der Waals surface area contributed by atoms with E-state index in [1.165, 1.54) is 6.21 Å². The van der Waals surface area contributed by atoms with Gasteiger partial charge in [0.15, 0.2) is 6.61 Å². The predicted molar refractivity (Wildman–Crippen MR) is 90.0 cm³/mol. The van der Waals surface area contributed by atoms with E-state index in [4.69, 9.17) is 4.74 Å². The van der Waals surface area contributed by atoms with Gasteiger partial charge in [-0.15, -0.1) is 0 Å². The van der Waals surface area contributed by atoms with Crippen molar-refractivity contribution in [2.75, 3.05) is 6.61 Å². The third-order valence-electron chi connectivity index (χ3n) is 3.52. The Morgan fingerprint density at radius 2 is 1.78 bits per heavy atom. The van der Waals surface area contributed by atoms with Crippen LogP contribution in [0.25, 0.3) is 0 Å². The van der Waals surface area contributed by atoms with Crippen LogP contribution in [-0.4, -0.2) is 23.8 Å². The molecular formula is C18H20N2O3. The fourth-order valence-electron chi connectivity index (χ4n) is 2.06. The Bertz CT molecular complexity index is 722. The van der Waals surface area contributed by atoms with Crippen LogP contribution in [-0.2, 0) is 4.79 Å². The van der Waals surface area contributed by atoms with Crippen molar-refractivity contribution in [3.8, 4) is 11.5 Å². The molecule has 0 unspecified atom stereocenters. The summed E-state index contributed by atoms with van der Waals surface area (Å²) in [5, 5.41) is 13.0. The second-order valence-corrected chi connectivity index (χ2v) is 5.33. The topological polar surface area (TPSA) is 70.9 Å². The zero-order valence-corrected chi connectivity index (χ0v) is 13.5. The van der Waals surface area contributed by atoms with Crippen LogP contribution in [0.5, 0.6) is 11.5 Å². The highest BCUT2D eigenvalue weighted by molar-refractivity contribution is 5.83. The maximum Gasteiger partial charge on any atom is 0.277 e. The van der Waals surface area contributed by atoms with Gasteiger partial charge in [0, 0.05) is 0 Å². The lowest BCUT2D eigenvalue weighted by atomic mass is 10.1. The Kier molecular flexibility index (Phi) is 5.36. The van der Waals surface area contributed by atoms with Crippen molar-refractivity contribution in [1.82, 2.24) is 5.43 Å². The van der Waals surface area contributed by atoms with E-state index in [1.54, 1.807) is 24.3 Å². The Morgan fingerprint density at radius 3 is 2.48 bits per heavy atom. The largest absolute Gasteiger partial charge is 0.508 e. The first kappa shape index (κ1) is 16.5. The van der Waals surface area contributed by atoms with Crippen LogP contribution in [0.2, 0.25) is 0 Å². The van der Waals surface area contributed by atoms with Crippen molar-refractivity contribution in [2.45, 2.75) is 20.8 Å². The minimum Gasteiger partial charge on any atom is -0.508 e. The van der Waals surface area contributed by atoms with Crippen molar-refractivity contribution in [3.63, 3.8) is 0 Å². The normalized spacial score (nSPS) is 10.7. The molecule has 0 aromatic heterocycles. The lowest BCUT2D eigenvalue weighted by Gasteiger charge is -2.13. The lowest BCUT2D eigenvalue weighted by Crippen LogP contribution is -2.25. The Hall–Kier alpha value is -2.82. The molecule has 2 aromatic rings. The molecule has 0 bridgehead atoms. The van der Waals surface area contributed by atoms with Crippen molar-refractivity contribution in [1.29, 1.82) is 0 Å². The summed E-state index contributed by atoms with van der Waals surface area (Å²) in [6, 6.07) is 10.5. The molecule has 5 heteroatoms. The van der Waals surface area contributed by atoms with Crippen LogP contribution >= 0.6 is 0 Å². The molecule has 23 heavy (non-hydrogen) atoms. The van der Waals surface area contributed by atoms with E-state index in [0.29, 0.717) is 0 Å². The van der Waals surface area contributed by atoms with Crippen molar-refractivity contribution in [2.24, 2.45) is 5.10 Å². The average molecular weight is 312 g/mol. The van der Waals surface area contributed by atoms with Gasteiger partial charge in [0.05, 0.1) is 6.21 Å². The van der Waals surface area contributed by atoms with E-state index in [0.717, 1.165) is 28.0 Å². The number of nitrogens with zero attached hydrogens (tertiary/aromatic N) is 1. The monoisotopic (exact) mass is 312 g/mol. The summed E-state index contributed by atoms with van der Waals surface area (Å²) in [7, 11) is 0. The molecular weight excluding hydrogens is 292 g/mol. The highest BCUT2D eigenvalue weighted by Crippen LogP contribution is 2.25. The maximum atomic E-state index is 11.8. The molecule has 1 amide bonds. The summed E-state index contributed by atoms with van der Waals surface area (Å²) in [5.74, 6) is 0.589. The fourth-order valence-corrected chi connectivity index (χ4v) is 2.06. The summed E-state index contributed by atoms with van der Waals surface area (Å²) < 4.78 is 5.61. The number of carbonyl (C=O) groups is 1. The molecule has 0 saturated carbocycles. The SMILES string of the molecule is Cc1ccc(C)c(OCC(=O)N/N=C/c2ccc(O)cc2)c1C. The van der Waals surface area contributed by atoms with Crippen LogP contribution in [0, 0.1) is 20.8 Å². The number of nitrogens with one attached hydrogen (secondary N) is 1. The number of hydrogen-bond acceptors (Lipinski definition) is 4. The number of amides is 1. The Labute approximate surface area is 135 Å². The first-order valence-corrected chi connectivity index (χ1v) is 7.28. The Balaban J connectivity index is 1.88. The second kappa shape index (κ2) is 7.45. The van der Waals surface area contributed by atoms with Crippen LogP contribution < -0.4 is 10.2 Å². The van der Waals surface area contributed by atoms with Gasteiger partial charge in [-0.1, -0.05) is 12.1 Å². The van der Waals surface area contributed by atoms with E-state index < -0.39 is 0 Å². The number of benzene rings is 2. The summed E-state index contributed by atoms with van der Waals surface area (Å²) in [4.78, 5) is 11.8. The molecule has 2 N–H and O–H groups in total. The number of phenolic OH excluding ortho intramolecular Hbond substituents is 1. The second-order valence-electron chi connectivity index (χ2n) is 5.33. The van der Waals surface area contributed by atoms with Crippen molar-refractivity contribution >= 4 is 12.1 Å². The average Bonchev–Trinajstić information content (AvgIpc) is 2.53. The van der Waals surface area contributed by atoms with Gasteiger partial charge in [0.25, 0.3) is 5.91 Å². The molecule has 2 rings (SSSR count). The van der Waals surface area contributed by atoms with Crippen molar-refractivity contribution in [3.05, 3.63) is 58.7 Å². The van der Waals surface area contributed by atoms with Gasteiger partial charge in [-0.2, -0.15) is 5.10 Å². The Morgan fingerprint density at radius 1 is 1.13 bits per heavy atom. The minimum atomic E-state index is -0.333. The molecule has 0 radical (unpaired) electrons. The number of aryl methyl sites for hydroxylation is 2. The summed E-state index contributed by atoms with van der Waals surface area (Å²) in [5.41, 5.74) is 6.33. The third-order valence-corrected chi connectivity index (χ3v) is 3.52. The lowest BCUT2D eigenvalue weighted by molar-refractivity contribution is -0.123. The molecule has 0 aliphatic rings. The number of aromatic hydroxyl groups is 1. The standard InChI is InChI=1S/C18H20N2O3/c1-12-4-5-13(2)18(14(12)3)23-11-17(22)20-19-10-15-6-8-16(21)9-7-15/h4-10,21H,11H2,1-3H3,(H,20,22)/b19-10+. The van der Waals surface area contributed by atoms with E-state index in [1.807, 2.05) is 32.9 Å². The van der Waals surface area contributed by atoms with E-state index in [2.05, 4.69) is 10.5 Å². The molecule has 5 nitrogen and oxygen atoms in total. The van der Waals surface area contributed by atoms with Gasteiger partial charge in [0.1, 0.15) is 11.5 Å². The van der Waals surface area contributed by atoms with Gasteiger partial charge in [0.2, 0.25) is 0 Å². The highest BCUT2D eigenvalue weighted by atomic mass is 16.5. The summed E-state index contributed by atoms with van der Waals surface area (Å²) in [6.45, 7) is 5.82. The van der Waals surface area contributed by atoms with E-state index in [9.17, 15) is 9.90 Å². The molecule has 0 atom stereocenters. The van der Waals surface area contributed by atoms with E-state index >= 15 is 0 Å². The minimum absolute atomic E-state index is 0.0992. The van der Waals surface area contributed by atoms with Crippen LogP contribution in [0.15, 0.2) is 41.5 Å². The first-order chi connectivity index (χ1) is 11.0. The highest BCUT2D eigenvalue weighted by Gasteiger charge is 2.08. The molecule has 0 spiro atoms. The molecule has 120 valence electrons. The number of hydrazone groups is 1. The fraction of sp³-hybridized carbons (Fsp3) is 0.222. The van der Waals surface area contributed by atoms with Crippen LogP contribution in [0.4, 0.5) is 0 Å². The summed E-state index contributed by atoms with van der Waals surface area (Å²) >= 11 is 0. The number of ether oxygens (including phenoxy) is 1. The van der Waals surface area contributed by atoms with Crippen LogP contribution in [0.1, 0.15) is 22.3 Å². The van der Waals surface area contributed by atoms with Crippen molar-refractivity contribution < 1.29 is 14.6 Å². The molecule has 0 saturated heterocycles. The van der Waals surface area contributed by atoms with Gasteiger partial charge in [-0.25, -0.2) is 5.43 Å². The van der Waals surface area contributed by atoms with Gasteiger partial charge < -0.3 is 9.84 Å². The zero-order chi connectivity index (χ0) is 16.8. The molecule has 0 aliphatic carbocycles. The molecule has 0 aliphatic heterocycles. The zero-order valence-electron chi connectivity index (χ0n) is 13.5. The number of phenols is 1. The first-order valence-electron chi connectivity index (χ1n) is 7.28. The van der Waals surface area contributed by atoms with Gasteiger partial charge >= 0.3 is 0 Å². The maximum absolute atomic E-state index is 11.8. The predicted octanol–water partition coefficient (Wildman–Crippen LogP) is 2.85. The van der Waals surface area contributed by atoms with E-state index in [-0.39, 0.29) is 18.3 Å².